The maximum absolute atomic E-state index is 10.9. The summed E-state index contributed by atoms with van der Waals surface area (Å²) in [6.45, 7) is 5.71. The Hall–Kier alpha value is -0.410. The molecule has 1 aliphatic rings. The van der Waals surface area contributed by atoms with Gasteiger partial charge in [-0.1, -0.05) is 0 Å². The van der Waals surface area contributed by atoms with Crippen molar-refractivity contribution in [3.63, 3.8) is 0 Å². The fourth-order valence-corrected chi connectivity index (χ4v) is 1.52. The SMILES string of the molecule is CCOC(C)C1(C=O)CCOC1. The summed E-state index contributed by atoms with van der Waals surface area (Å²) >= 11 is 0. The summed E-state index contributed by atoms with van der Waals surface area (Å²) in [5.41, 5.74) is -0.379. The summed E-state index contributed by atoms with van der Waals surface area (Å²) in [5.74, 6) is 0. The summed E-state index contributed by atoms with van der Waals surface area (Å²) in [5, 5.41) is 0. The molecule has 0 saturated carbocycles. The molecule has 0 aromatic heterocycles. The molecule has 3 heteroatoms. The van der Waals surface area contributed by atoms with Gasteiger partial charge in [-0.05, 0) is 20.3 Å². The highest BCUT2D eigenvalue weighted by Crippen LogP contribution is 2.31. The Labute approximate surface area is 73.0 Å². The quantitative estimate of drug-likeness (QED) is 0.594. The molecular weight excluding hydrogens is 156 g/mol. The first-order chi connectivity index (χ1) is 5.75. The van der Waals surface area contributed by atoms with Crippen molar-refractivity contribution in [3.05, 3.63) is 0 Å². The Morgan fingerprint density at radius 3 is 2.92 bits per heavy atom. The van der Waals surface area contributed by atoms with Gasteiger partial charge in [0.05, 0.1) is 18.1 Å². The van der Waals surface area contributed by atoms with Gasteiger partial charge in [0.25, 0.3) is 0 Å². The molecule has 0 aromatic rings. The van der Waals surface area contributed by atoms with E-state index < -0.39 is 0 Å². The normalized spacial score (nSPS) is 31.8. The van der Waals surface area contributed by atoms with E-state index in [1.807, 2.05) is 13.8 Å². The first-order valence-electron chi connectivity index (χ1n) is 4.41. The summed E-state index contributed by atoms with van der Waals surface area (Å²) in [6, 6.07) is 0. The van der Waals surface area contributed by atoms with E-state index in [0.717, 1.165) is 12.7 Å². The molecule has 0 spiro atoms. The van der Waals surface area contributed by atoms with Gasteiger partial charge in [0, 0.05) is 13.2 Å². The second kappa shape index (κ2) is 4.01. The van der Waals surface area contributed by atoms with E-state index >= 15 is 0 Å². The van der Waals surface area contributed by atoms with Gasteiger partial charge in [-0.25, -0.2) is 0 Å². The fourth-order valence-electron chi connectivity index (χ4n) is 1.52. The van der Waals surface area contributed by atoms with Crippen LogP contribution in [-0.4, -0.2) is 32.2 Å². The zero-order chi connectivity index (χ0) is 9.03. The van der Waals surface area contributed by atoms with Crippen LogP contribution in [0, 0.1) is 5.41 Å². The lowest BCUT2D eigenvalue weighted by Crippen LogP contribution is -2.37. The van der Waals surface area contributed by atoms with Crippen molar-refractivity contribution in [1.82, 2.24) is 0 Å². The molecule has 1 rings (SSSR count). The van der Waals surface area contributed by atoms with Gasteiger partial charge >= 0.3 is 0 Å². The third-order valence-electron chi connectivity index (χ3n) is 2.54. The molecule has 1 heterocycles. The largest absolute Gasteiger partial charge is 0.380 e. The number of aldehydes is 1. The van der Waals surface area contributed by atoms with E-state index in [1.54, 1.807) is 0 Å². The van der Waals surface area contributed by atoms with E-state index in [9.17, 15) is 4.79 Å². The highest BCUT2D eigenvalue weighted by Gasteiger charge is 2.40. The van der Waals surface area contributed by atoms with Crippen molar-refractivity contribution < 1.29 is 14.3 Å². The minimum atomic E-state index is -0.379. The summed E-state index contributed by atoms with van der Waals surface area (Å²) in [7, 11) is 0. The molecule has 1 aliphatic heterocycles. The molecule has 1 saturated heterocycles. The van der Waals surface area contributed by atoms with Crippen LogP contribution < -0.4 is 0 Å². The number of hydrogen-bond donors (Lipinski definition) is 0. The molecule has 2 atom stereocenters. The van der Waals surface area contributed by atoms with Gasteiger partial charge in [-0.15, -0.1) is 0 Å². The van der Waals surface area contributed by atoms with Crippen molar-refractivity contribution in [2.45, 2.75) is 26.4 Å². The number of ether oxygens (including phenoxy) is 2. The molecule has 70 valence electrons. The predicted octanol–water partition coefficient (Wildman–Crippen LogP) is 1.02. The standard InChI is InChI=1S/C9H16O3/c1-3-12-8(2)9(6-10)4-5-11-7-9/h6,8H,3-5,7H2,1-2H3. The molecule has 3 nitrogen and oxygen atoms in total. The molecule has 1 fully saturated rings. The summed E-state index contributed by atoms with van der Waals surface area (Å²) < 4.78 is 10.6. The maximum Gasteiger partial charge on any atom is 0.131 e. The van der Waals surface area contributed by atoms with E-state index in [4.69, 9.17) is 9.47 Å². The molecule has 0 amide bonds. The first-order valence-corrected chi connectivity index (χ1v) is 4.41. The molecule has 0 aromatic carbocycles. The van der Waals surface area contributed by atoms with Gasteiger partial charge in [-0.2, -0.15) is 0 Å². The third-order valence-corrected chi connectivity index (χ3v) is 2.54. The molecule has 12 heavy (non-hydrogen) atoms. The Morgan fingerprint density at radius 2 is 2.50 bits per heavy atom. The molecule has 2 unspecified atom stereocenters. The van der Waals surface area contributed by atoms with Crippen molar-refractivity contribution in [2.75, 3.05) is 19.8 Å². The second-order valence-electron chi connectivity index (χ2n) is 3.25. The third kappa shape index (κ3) is 1.67. The number of carbonyl (C=O) groups is 1. The highest BCUT2D eigenvalue weighted by atomic mass is 16.5. The van der Waals surface area contributed by atoms with E-state index in [1.165, 1.54) is 0 Å². The average molecular weight is 172 g/mol. The Balaban J connectivity index is 2.58. The topological polar surface area (TPSA) is 35.5 Å². The van der Waals surface area contributed by atoms with Gasteiger partial charge in [-0.3, -0.25) is 0 Å². The van der Waals surface area contributed by atoms with Crippen LogP contribution in [-0.2, 0) is 14.3 Å². The Kier molecular flexibility index (Phi) is 3.23. The van der Waals surface area contributed by atoms with E-state index in [2.05, 4.69) is 0 Å². The molecule has 0 bridgehead atoms. The van der Waals surface area contributed by atoms with E-state index in [0.29, 0.717) is 19.8 Å². The number of hydrogen-bond acceptors (Lipinski definition) is 3. The predicted molar refractivity (Wildman–Crippen MR) is 45.0 cm³/mol. The van der Waals surface area contributed by atoms with E-state index in [-0.39, 0.29) is 11.5 Å². The van der Waals surface area contributed by atoms with Crippen LogP contribution in [0.3, 0.4) is 0 Å². The zero-order valence-electron chi connectivity index (χ0n) is 7.71. The minimum Gasteiger partial charge on any atom is -0.380 e. The zero-order valence-corrected chi connectivity index (χ0v) is 7.71. The first kappa shape index (κ1) is 9.68. The lowest BCUT2D eigenvalue weighted by atomic mass is 9.84. The van der Waals surface area contributed by atoms with Crippen molar-refractivity contribution in [1.29, 1.82) is 0 Å². The van der Waals surface area contributed by atoms with Crippen LogP contribution in [0.25, 0.3) is 0 Å². The van der Waals surface area contributed by atoms with Crippen LogP contribution in [0.4, 0.5) is 0 Å². The van der Waals surface area contributed by atoms with Crippen LogP contribution >= 0.6 is 0 Å². The van der Waals surface area contributed by atoms with Crippen LogP contribution in [0.1, 0.15) is 20.3 Å². The highest BCUT2D eigenvalue weighted by molar-refractivity contribution is 5.61. The van der Waals surface area contributed by atoms with Crippen LogP contribution in [0.15, 0.2) is 0 Å². The molecule has 0 radical (unpaired) electrons. The van der Waals surface area contributed by atoms with Gasteiger partial charge in [0.1, 0.15) is 6.29 Å². The van der Waals surface area contributed by atoms with Crippen molar-refractivity contribution >= 4 is 6.29 Å². The average Bonchev–Trinajstić information content (AvgIpc) is 2.54. The molecular formula is C9H16O3. The van der Waals surface area contributed by atoms with Gasteiger partial charge < -0.3 is 14.3 Å². The number of carbonyl (C=O) groups excluding carboxylic acids is 1. The lowest BCUT2D eigenvalue weighted by molar-refractivity contribution is -0.125. The van der Waals surface area contributed by atoms with Crippen LogP contribution in [0.5, 0.6) is 0 Å². The lowest BCUT2D eigenvalue weighted by Gasteiger charge is -2.27. The monoisotopic (exact) mass is 172 g/mol. The smallest absolute Gasteiger partial charge is 0.131 e. The van der Waals surface area contributed by atoms with Crippen LogP contribution in [0.2, 0.25) is 0 Å². The van der Waals surface area contributed by atoms with Crippen molar-refractivity contribution in [3.8, 4) is 0 Å². The van der Waals surface area contributed by atoms with Gasteiger partial charge in [0.15, 0.2) is 0 Å². The van der Waals surface area contributed by atoms with Gasteiger partial charge in [0.2, 0.25) is 0 Å². The number of rotatable bonds is 4. The minimum absolute atomic E-state index is 0.0255. The second-order valence-corrected chi connectivity index (χ2v) is 3.25. The summed E-state index contributed by atoms with van der Waals surface area (Å²) in [4.78, 5) is 10.9. The Morgan fingerprint density at radius 1 is 1.75 bits per heavy atom. The van der Waals surface area contributed by atoms with Crippen molar-refractivity contribution in [2.24, 2.45) is 5.41 Å². The molecule has 0 aliphatic carbocycles. The fraction of sp³-hybridized carbons (Fsp3) is 0.889. The maximum atomic E-state index is 10.9. The Bertz CT molecular complexity index is 150. The molecule has 0 N–H and O–H groups in total. The summed E-state index contributed by atoms with van der Waals surface area (Å²) in [6.07, 6.45) is 1.75.